The maximum absolute atomic E-state index is 11.1. The van der Waals surface area contributed by atoms with E-state index in [1.807, 2.05) is 0 Å². The summed E-state index contributed by atoms with van der Waals surface area (Å²) >= 11 is 0. The molecule has 1 aromatic rings. The van der Waals surface area contributed by atoms with E-state index < -0.39 is 5.97 Å². The first-order chi connectivity index (χ1) is 8.17. The predicted molar refractivity (Wildman–Crippen MR) is 58.4 cm³/mol. The molecular formula is C11H15NO5. The summed E-state index contributed by atoms with van der Waals surface area (Å²) in [5.74, 6) is -0.00876. The van der Waals surface area contributed by atoms with Crippen LogP contribution in [0.2, 0.25) is 0 Å². The van der Waals surface area contributed by atoms with Gasteiger partial charge in [-0.2, -0.15) is 0 Å². The summed E-state index contributed by atoms with van der Waals surface area (Å²) in [5, 5.41) is 2.99. The van der Waals surface area contributed by atoms with Crippen LogP contribution in [0.4, 0.5) is 0 Å². The van der Waals surface area contributed by atoms with Crippen molar-refractivity contribution >= 4 is 11.9 Å². The zero-order valence-electron chi connectivity index (χ0n) is 9.82. The molecule has 6 heteroatoms. The quantitative estimate of drug-likeness (QED) is 0.584. The number of methoxy groups -OCH3 is 2. The SMILES string of the molecule is COC(=O)CCNCc1ccc(C(=O)OC)o1. The summed E-state index contributed by atoms with van der Waals surface area (Å²) in [4.78, 5) is 21.9. The molecule has 6 nitrogen and oxygen atoms in total. The van der Waals surface area contributed by atoms with Crippen molar-refractivity contribution in [2.75, 3.05) is 20.8 Å². The van der Waals surface area contributed by atoms with Crippen LogP contribution < -0.4 is 5.32 Å². The lowest BCUT2D eigenvalue weighted by Gasteiger charge is -2.01. The molecule has 0 amide bonds. The summed E-state index contributed by atoms with van der Waals surface area (Å²) in [6, 6.07) is 3.22. The van der Waals surface area contributed by atoms with Gasteiger partial charge in [-0.05, 0) is 12.1 Å². The lowest BCUT2D eigenvalue weighted by molar-refractivity contribution is -0.140. The molecular weight excluding hydrogens is 226 g/mol. The fourth-order valence-corrected chi connectivity index (χ4v) is 1.19. The number of furan rings is 1. The molecule has 1 aromatic heterocycles. The Morgan fingerprint density at radius 1 is 1.29 bits per heavy atom. The zero-order chi connectivity index (χ0) is 12.7. The fourth-order valence-electron chi connectivity index (χ4n) is 1.19. The van der Waals surface area contributed by atoms with Gasteiger partial charge in [0.15, 0.2) is 0 Å². The first kappa shape index (κ1) is 13.2. The maximum atomic E-state index is 11.1. The van der Waals surface area contributed by atoms with Crippen molar-refractivity contribution < 1.29 is 23.5 Å². The van der Waals surface area contributed by atoms with Gasteiger partial charge in [0, 0.05) is 6.54 Å². The van der Waals surface area contributed by atoms with E-state index in [9.17, 15) is 9.59 Å². The molecule has 0 saturated heterocycles. The number of rotatable bonds is 6. The average Bonchev–Trinajstić information content (AvgIpc) is 2.82. The van der Waals surface area contributed by atoms with E-state index in [2.05, 4.69) is 14.8 Å². The van der Waals surface area contributed by atoms with Crippen LogP contribution in [0.25, 0.3) is 0 Å². The van der Waals surface area contributed by atoms with Crippen molar-refractivity contribution in [3.8, 4) is 0 Å². The summed E-state index contributed by atoms with van der Waals surface area (Å²) < 4.78 is 14.2. The van der Waals surface area contributed by atoms with Crippen molar-refractivity contribution in [3.05, 3.63) is 23.7 Å². The van der Waals surface area contributed by atoms with Crippen LogP contribution in [0.1, 0.15) is 22.7 Å². The van der Waals surface area contributed by atoms with Gasteiger partial charge in [-0.15, -0.1) is 0 Å². The standard InChI is InChI=1S/C11H15NO5/c1-15-10(13)5-6-12-7-8-3-4-9(17-8)11(14)16-2/h3-4,12H,5-7H2,1-2H3. The highest BCUT2D eigenvalue weighted by molar-refractivity contribution is 5.86. The number of hydrogen-bond donors (Lipinski definition) is 1. The number of ether oxygens (including phenoxy) is 2. The Morgan fingerprint density at radius 2 is 2.06 bits per heavy atom. The molecule has 0 fully saturated rings. The smallest absolute Gasteiger partial charge is 0.373 e. The Labute approximate surface area is 98.9 Å². The Bertz CT molecular complexity index is 385. The molecule has 0 bridgehead atoms. The van der Waals surface area contributed by atoms with E-state index >= 15 is 0 Å². The first-order valence-corrected chi connectivity index (χ1v) is 5.12. The third-order valence-corrected chi connectivity index (χ3v) is 2.08. The zero-order valence-corrected chi connectivity index (χ0v) is 9.82. The van der Waals surface area contributed by atoms with Gasteiger partial charge in [0.2, 0.25) is 5.76 Å². The highest BCUT2D eigenvalue weighted by atomic mass is 16.5. The molecule has 17 heavy (non-hydrogen) atoms. The van der Waals surface area contributed by atoms with E-state index in [4.69, 9.17) is 4.42 Å². The minimum atomic E-state index is -0.509. The van der Waals surface area contributed by atoms with Crippen LogP contribution in [-0.4, -0.2) is 32.7 Å². The topological polar surface area (TPSA) is 77.8 Å². The van der Waals surface area contributed by atoms with E-state index in [0.29, 0.717) is 25.3 Å². The normalized spacial score (nSPS) is 10.0. The number of hydrogen-bond acceptors (Lipinski definition) is 6. The van der Waals surface area contributed by atoms with Crippen LogP contribution in [-0.2, 0) is 20.8 Å². The van der Waals surface area contributed by atoms with Crippen molar-refractivity contribution in [2.45, 2.75) is 13.0 Å². The van der Waals surface area contributed by atoms with Crippen LogP contribution in [0, 0.1) is 0 Å². The molecule has 0 unspecified atom stereocenters. The molecule has 1 rings (SSSR count). The molecule has 94 valence electrons. The molecule has 0 atom stereocenters. The minimum Gasteiger partial charge on any atom is -0.469 e. The van der Waals surface area contributed by atoms with Gasteiger partial charge in [0.25, 0.3) is 0 Å². The molecule has 0 spiro atoms. The van der Waals surface area contributed by atoms with Gasteiger partial charge in [0.05, 0.1) is 27.2 Å². The van der Waals surface area contributed by atoms with Gasteiger partial charge in [0.1, 0.15) is 5.76 Å². The number of carbonyl (C=O) groups is 2. The highest BCUT2D eigenvalue weighted by Gasteiger charge is 2.10. The Balaban J connectivity index is 2.30. The van der Waals surface area contributed by atoms with Crippen molar-refractivity contribution in [3.63, 3.8) is 0 Å². The van der Waals surface area contributed by atoms with E-state index in [-0.39, 0.29) is 11.7 Å². The van der Waals surface area contributed by atoms with Gasteiger partial charge < -0.3 is 19.2 Å². The second-order valence-corrected chi connectivity index (χ2v) is 3.26. The minimum absolute atomic E-state index is 0.164. The Kier molecular flexibility index (Phi) is 5.22. The van der Waals surface area contributed by atoms with Crippen LogP contribution >= 0.6 is 0 Å². The van der Waals surface area contributed by atoms with E-state index in [1.165, 1.54) is 14.2 Å². The average molecular weight is 241 g/mol. The Morgan fingerprint density at radius 3 is 2.71 bits per heavy atom. The van der Waals surface area contributed by atoms with Crippen LogP contribution in [0.5, 0.6) is 0 Å². The molecule has 1 heterocycles. The number of nitrogens with one attached hydrogen (secondary N) is 1. The van der Waals surface area contributed by atoms with Gasteiger partial charge in [-0.25, -0.2) is 4.79 Å². The van der Waals surface area contributed by atoms with Gasteiger partial charge >= 0.3 is 11.9 Å². The monoisotopic (exact) mass is 241 g/mol. The van der Waals surface area contributed by atoms with Crippen molar-refractivity contribution in [1.82, 2.24) is 5.32 Å². The molecule has 1 N–H and O–H groups in total. The van der Waals surface area contributed by atoms with E-state index in [0.717, 1.165) is 0 Å². The van der Waals surface area contributed by atoms with Gasteiger partial charge in [-0.3, -0.25) is 4.79 Å². The Hall–Kier alpha value is -1.82. The van der Waals surface area contributed by atoms with Crippen LogP contribution in [0.15, 0.2) is 16.5 Å². The summed E-state index contributed by atoms with van der Waals surface area (Å²) in [6.45, 7) is 0.926. The predicted octanol–water partition coefficient (Wildman–Crippen LogP) is 0.719. The number of esters is 2. The van der Waals surface area contributed by atoms with Gasteiger partial charge in [-0.1, -0.05) is 0 Å². The third kappa shape index (κ3) is 4.28. The number of carbonyl (C=O) groups excluding carboxylic acids is 2. The summed E-state index contributed by atoms with van der Waals surface area (Å²) in [6.07, 6.45) is 0.293. The highest BCUT2D eigenvalue weighted by Crippen LogP contribution is 2.08. The largest absolute Gasteiger partial charge is 0.469 e. The maximum Gasteiger partial charge on any atom is 0.373 e. The third-order valence-electron chi connectivity index (χ3n) is 2.08. The molecule has 0 saturated carbocycles. The molecule has 0 aliphatic rings. The van der Waals surface area contributed by atoms with Crippen LogP contribution in [0.3, 0.4) is 0 Å². The molecule has 0 aliphatic carbocycles. The lowest BCUT2D eigenvalue weighted by atomic mass is 10.4. The lowest BCUT2D eigenvalue weighted by Crippen LogP contribution is -2.18. The second kappa shape index (κ2) is 6.70. The van der Waals surface area contributed by atoms with Crippen molar-refractivity contribution in [2.24, 2.45) is 0 Å². The fraction of sp³-hybridized carbons (Fsp3) is 0.455. The molecule has 0 aliphatic heterocycles. The van der Waals surface area contributed by atoms with Crippen molar-refractivity contribution in [1.29, 1.82) is 0 Å². The molecule has 0 radical (unpaired) electrons. The first-order valence-electron chi connectivity index (χ1n) is 5.12. The summed E-state index contributed by atoms with van der Waals surface area (Å²) in [5.41, 5.74) is 0. The molecule has 0 aromatic carbocycles. The van der Waals surface area contributed by atoms with E-state index in [1.54, 1.807) is 12.1 Å². The second-order valence-electron chi connectivity index (χ2n) is 3.26. The summed E-state index contributed by atoms with van der Waals surface area (Å²) in [7, 11) is 2.64.